The first-order valence-corrected chi connectivity index (χ1v) is 39.8. The number of methoxy groups -OCH3 is 4. The second-order valence-electron chi connectivity index (χ2n) is 28.9. The summed E-state index contributed by atoms with van der Waals surface area (Å²) in [5.74, 6) is 3.96. The molecule has 8 aromatic carbocycles. The summed E-state index contributed by atoms with van der Waals surface area (Å²) in [5, 5.41) is -1.34. The van der Waals surface area contributed by atoms with Crippen molar-refractivity contribution in [1.29, 1.82) is 0 Å². The topological polar surface area (TPSA) is 288 Å². The number of nitrogens with zero attached hydrogens (tertiary/aromatic N) is 6. The molecule has 0 spiro atoms. The molecule has 0 saturated heterocycles. The molecule has 8 aliphatic rings. The van der Waals surface area contributed by atoms with E-state index in [-0.39, 0.29) is 120 Å². The van der Waals surface area contributed by atoms with Crippen molar-refractivity contribution in [1.82, 2.24) is 19.6 Å². The first kappa shape index (κ1) is 85.2. The summed E-state index contributed by atoms with van der Waals surface area (Å²) in [7, 11) is -1.57. The SMILES string of the molecule is COc1ccc(C2=CN3C(=O)c4cc(C)c(OCCCOc5cc6c(cc5OC)C(=O)N5C=C(c7ccc(C)cc7)C[C@@H]5C=N6)cc4N=C[C@@H]3C2)cc1.COc1ccc(C2=CN3C(=O)c4cc(C)c(OCCCOc5cc6c(cc5OC)C(=O)N5C=C(c7ccc(C)cc7)C[C@@H]5[CH-]C6)cc4CC(S(=O)(=O)[O-])[C@@H]3C2)cc1.O=S(=O)=O.[Na+].[Na+]. The van der Waals surface area contributed by atoms with E-state index in [0.29, 0.717) is 137 Å². The number of ether oxygens (including phenoxy) is 8. The monoisotopic (exact) mass is 1620 g/mol. The quantitative estimate of drug-likeness (QED) is 0.0285. The molecule has 0 radical (unpaired) electrons. The molecule has 0 aromatic heterocycles. The number of carbonyl (C=O) groups is 4. The minimum atomic E-state index is -4.78. The van der Waals surface area contributed by atoms with Crippen LogP contribution in [-0.2, 0) is 33.6 Å². The van der Waals surface area contributed by atoms with E-state index in [2.05, 4.69) is 68.8 Å². The van der Waals surface area contributed by atoms with Gasteiger partial charge in [0, 0.05) is 86.2 Å². The molecule has 0 saturated carbocycles. The maximum absolute atomic E-state index is 13.9. The van der Waals surface area contributed by atoms with Gasteiger partial charge in [0.1, 0.15) is 23.0 Å². The molecule has 0 fully saturated rings. The molecule has 0 N–H and O–H groups in total. The Balaban J connectivity index is 0.000000202. The third-order valence-corrected chi connectivity index (χ3v) is 22.7. The molecule has 28 heteroatoms. The van der Waals surface area contributed by atoms with Crippen LogP contribution < -0.4 is 97.0 Å². The molecular formula is C88H84N6Na2O18S2. The fourth-order valence-electron chi connectivity index (χ4n) is 15.4. The molecule has 0 bridgehead atoms. The van der Waals surface area contributed by atoms with Gasteiger partial charge in [0.25, 0.3) is 23.6 Å². The van der Waals surface area contributed by atoms with Gasteiger partial charge >= 0.3 is 69.7 Å². The summed E-state index contributed by atoms with van der Waals surface area (Å²) in [6.45, 7) is 9.18. The Morgan fingerprint density at radius 3 is 1.28 bits per heavy atom. The summed E-state index contributed by atoms with van der Waals surface area (Å²) in [5.41, 5.74) is 16.5. The molecule has 5 atom stereocenters. The van der Waals surface area contributed by atoms with Crippen LogP contribution in [0.15, 0.2) is 180 Å². The van der Waals surface area contributed by atoms with Crippen molar-refractivity contribution in [2.75, 3.05) is 54.9 Å². The number of amides is 4. The number of aryl methyl sites for hydroxylation is 4. The Bertz CT molecular complexity index is 5560. The third-order valence-electron chi connectivity index (χ3n) is 21.5. The van der Waals surface area contributed by atoms with Crippen molar-refractivity contribution in [3.8, 4) is 46.0 Å². The first-order chi connectivity index (χ1) is 54.9. The van der Waals surface area contributed by atoms with Crippen molar-refractivity contribution < 1.29 is 142 Å². The van der Waals surface area contributed by atoms with E-state index in [4.69, 9.17) is 60.5 Å². The van der Waals surface area contributed by atoms with Crippen LogP contribution in [0.4, 0.5) is 11.4 Å². The summed E-state index contributed by atoms with van der Waals surface area (Å²) in [6, 6.07) is 44.9. The van der Waals surface area contributed by atoms with Crippen molar-refractivity contribution in [2.24, 2.45) is 9.98 Å². The number of benzene rings is 8. The molecule has 0 aliphatic carbocycles. The fourth-order valence-corrected chi connectivity index (χ4v) is 16.4. The smallest absolute Gasteiger partial charge is 0.748 e. The second kappa shape index (κ2) is 37.0. The molecule has 16 rings (SSSR count). The number of rotatable bonds is 21. The third kappa shape index (κ3) is 18.6. The van der Waals surface area contributed by atoms with E-state index in [1.165, 1.54) is 16.0 Å². The minimum absolute atomic E-state index is 0. The average molecular weight is 1620 g/mol. The summed E-state index contributed by atoms with van der Waals surface area (Å²) in [6.07, 6.45) is 17.3. The Kier molecular flexibility index (Phi) is 27.2. The van der Waals surface area contributed by atoms with Gasteiger partial charge in [-0.1, -0.05) is 95.5 Å². The van der Waals surface area contributed by atoms with Gasteiger partial charge in [-0.15, -0.1) is 12.6 Å². The van der Waals surface area contributed by atoms with Crippen molar-refractivity contribution in [3.63, 3.8) is 0 Å². The second-order valence-corrected chi connectivity index (χ2v) is 30.9. The largest absolute Gasteiger partial charge is 1.00 e. The summed E-state index contributed by atoms with van der Waals surface area (Å²) in [4.78, 5) is 71.3. The summed E-state index contributed by atoms with van der Waals surface area (Å²) < 4.78 is 110. The Labute approximate surface area is 719 Å². The Morgan fingerprint density at radius 2 is 0.802 bits per heavy atom. The Morgan fingerprint density at radius 1 is 0.431 bits per heavy atom. The molecule has 1 unspecified atom stereocenters. The number of hydrogen-bond acceptors (Lipinski definition) is 20. The van der Waals surface area contributed by atoms with E-state index in [0.717, 1.165) is 67.8 Å². The van der Waals surface area contributed by atoms with Gasteiger partial charge in [0.2, 0.25) is 0 Å². The van der Waals surface area contributed by atoms with E-state index in [1.807, 2.05) is 104 Å². The van der Waals surface area contributed by atoms with Crippen LogP contribution >= 0.6 is 0 Å². The zero-order chi connectivity index (χ0) is 80.2. The summed E-state index contributed by atoms with van der Waals surface area (Å²) >= 11 is 0. The van der Waals surface area contributed by atoms with Crippen LogP contribution in [0, 0.1) is 34.1 Å². The van der Waals surface area contributed by atoms with Crippen molar-refractivity contribution in [3.05, 3.63) is 255 Å². The van der Waals surface area contributed by atoms with Gasteiger partial charge in [0.15, 0.2) is 23.0 Å². The number of fused-ring (bicyclic) bond motifs is 8. The maximum atomic E-state index is 13.9. The zero-order valence-corrected chi connectivity index (χ0v) is 71.8. The van der Waals surface area contributed by atoms with Gasteiger partial charge in [-0.25, -0.2) is 8.42 Å². The van der Waals surface area contributed by atoms with E-state index in [1.54, 1.807) is 86.9 Å². The molecule has 8 aliphatic heterocycles. The number of carbonyl (C=O) groups excluding carboxylic acids is 4. The van der Waals surface area contributed by atoms with Gasteiger partial charge in [0.05, 0.1) is 111 Å². The maximum Gasteiger partial charge on any atom is 1.00 e. The molecule has 4 amide bonds. The predicted octanol–water partition coefficient (Wildman–Crippen LogP) is 8.03. The number of aliphatic imine (C=N–C) groups is 2. The first-order valence-electron chi connectivity index (χ1n) is 37.4. The molecule has 116 heavy (non-hydrogen) atoms. The normalized spacial score (nSPS) is 18.4. The van der Waals surface area contributed by atoms with E-state index < -0.39 is 32.0 Å². The average Bonchev–Trinajstić information content (AvgIpc) is 1.63. The van der Waals surface area contributed by atoms with Gasteiger partial charge in [-0.2, -0.15) is 6.42 Å². The van der Waals surface area contributed by atoms with Crippen molar-refractivity contribution >= 4 is 90.5 Å². The van der Waals surface area contributed by atoms with Crippen molar-refractivity contribution in [2.45, 2.75) is 108 Å². The van der Waals surface area contributed by atoms with Crippen LogP contribution in [0.1, 0.15) is 136 Å². The number of hydrogen-bond donors (Lipinski definition) is 0. The predicted molar refractivity (Wildman–Crippen MR) is 429 cm³/mol. The van der Waals surface area contributed by atoms with Crippen LogP contribution in [0.25, 0.3) is 22.3 Å². The van der Waals surface area contributed by atoms with Crippen LogP contribution in [0.3, 0.4) is 0 Å². The van der Waals surface area contributed by atoms with Crippen LogP contribution in [0.5, 0.6) is 46.0 Å². The molecular weight excluding hydrogens is 1540 g/mol. The van der Waals surface area contributed by atoms with Gasteiger partial charge in [-0.3, -0.25) is 29.2 Å². The Hall–Kier alpha value is -10.1. The van der Waals surface area contributed by atoms with E-state index in [9.17, 15) is 32.1 Å². The van der Waals surface area contributed by atoms with Gasteiger partial charge < -0.3 is 68.5 Å². The fraction of sp³-hybridized carbons (Fsp3) is 0.284. The van der Waals surface area contributed by atoms with Crippen LogP contribution in [0.2, 0.25) is 0 Å². The molecule has 8 heterocycles. The molecule has 588 valence electrons. The minimum Gasteiger partial charge on any atom is -0.748 e. The zero-order valence-electron chi connectivity index (χ0n) is 66.1. The van der Waals surface area contributed by atoms with Crippen LogP contribution in [-0.4, -0.2) is 166 Å². The molecule has 8 aromatic rings. The molecule has 24 nitrogen and oxygen atoms in total. The van der Waals surface area contributed by atoms with E-state index >= 15 is 0 Å². The van der Waals surface area contributed by atoms with Gasteiger partial charge in [-0.05, 0) is 169 Å². The standard InChI is InChI=1S/C45H45N2O9S.C43H40N4O6.2Na.O3S/c1-27-6-8-29(9-7-27)33-19-35-13-10-31-21-42(41(54-4)24-38(31)44(48)46(35)25-33)56-17-5-16-55-40-22-32-23-43(57(50,51)52)39-20-34(30-11-14-36(53-3)15-12-30)26-47(39)45(49)37(32)18-28(40)2;1-26-6-8-28(9-7-26)30-17-33-23-45-38-21-41(40(51-4)19-36(38)43(49)47(33)24-30)53-15-5-14-52-39-20-37-35(16-27(39)2)42(48)46-25-31(18-32(46)22-44-37)29-10-12-34(50-3)13-11-29;;;1-4(2)3/h6-9,11-15,18,21-22,24-26,35,39,43H,5,10,16-17,19-20,23H2,1-4H3,(H,50,51,52);6-13,16,19-25,32-33H,5,14-15,17-18H2,1-4H3;;;/q-1;;2*+1;/p-1/t35-,39-,43?;32-,33+;;;/m00.../s1.